The van der Waals surface area contributed by atoms with Crippen LogP contribution in [0, 0.1) is 6.92 Å². The second-order valence-electron chi connectivity index (χ2n) is 5.74. The van der Waals surface area contributed by atoms with Crippen LogP contribution in [0.1, 0.15) is 35.6 Å². The molecule has 2 aromatic rings. The van der Waals surface area contributed by atoms with Crippen molar-refractivity contribution in [2.75, 3.05) is 13.7 Å². The Hall–Kier alpha value is -2.41. The molecule has 6 nitrogen and oxygen atoms in total. The van der Waals surface area contributed by atoms with Crippen LogP contribution in [0.5, 0.6) is 0 Å². The van der Waals surface area contributed by atoms with E-state index in [-0.39, 0.29) is 24.5 Å². The maximum absolute atomic E-state index is 11.5. The van der Waals surface area contributed by atoms with Crippen molar-refractivity contribution in [3.05, 3.63) is 53.6 Å². The number of hydrogen-bond acceptors (Lipinski definition) is 4. The highest BCUT2D eigenvalue weighted by atomic mass is 32.1. The van der Waals surface area contributed by atoms with Crippen LogP contribution in [-0.4, -0.2) is 39.6 Å². The second-order valence-corrected chi connectivity index (χ2v) is 6.13. The fraction of sp³-hybridized carbons (Fsp3) is 0.353. The number of pyridine rings is 1. The molecule has 0 bridgehead atoms. The third kappa shape index (κ3) is 3.26. The molecule has 7 heteroatoms. The van der Waals surface area contributed by atoms with Gasteiger partial charge in [-0.15, -0.1) is 0 Å². The Morgan fingerprint density at radius 1 is 1.38 bits per heavy atom. The van der Waals surface area contributed by atoms with Crippen LogP contribution in [0.4, 0.5) is 0 Å². The summed E-state index contributed by atoms with van der Waals surface area (Å²) < 4.78 is 4.75. The second kappa shape index (κ2) is 7.00. The van der Waals surface area contributed by atoms with E-state index in [0.29, 0.717) is 11.7 Å². The van der Waals surface area contributed by atoms with Crippen LogP contribution in [0.25, 0.3) is 0 Å². The van der Waals surface area contributed by atoms with Gasteiger partial charge >= 0.3 is 5.97 Å². The maximum Gasteiger partial charge on any atom is 0.307 e. The predicted molar refractivity (Wildman–Crippen MR) is 94.3 cm³/mol. The van der Waals surface area contributed by atoms with Crippen LogP contribution in [0.15, 0.2) is 36.5 Å². The number of aromatic amines is 1. The van der Waals surface area contributed by atoms with Crippen molar-refractivity contribution in [3.63, 3.8) is 0 Å². The number of nitrogens with one attached hydrogen (secondary N) is 2. The number of thiocarbonyl (C=S) groups is 1. The van der Waals surface area contributed by atoms with Gasteiger partial charge in [-0.3, -0.25) is 9.78 Å². The Bertz CT molecular complexity index is 731. The van der Waals surface area contributed by atoms with Crippen molar-refractivity contribution >= 4 is 23.3 Å². The van der Waals surface area contributed by atoms with Crippen molar-refractivity contribution < 1.29 is 9.53 Å². The Balaban J connectivity index is 1.92. The Morgan fingerprint density at radius 3 is 2.83 bits per heavy atom. The van der Waals surface area contributed by atoms with Crippen LogP contribution in [0.2, 0.25) is 0 Å². The molecule has 0 saturated carbocycles. The van der Waals surface area contributed by atoms with Crippen molar-refractivity contribution in [1.29, 1.82) is 0 Å². The van der Waals surface area contributed by atoms with Gasteiger partial charge in [-0.05, 0) is 43.4 Å². The molecule has 2 aromatic heterocycles. The number of H-pyrrole nitrogens is 1. The standard InChI is InChI=1S/C17H20N4O2S/c1-11-6-7-13(19-11)16-15(12-5-3-4-9-18-12)20-17(24)21(16)10-8-14(22)23-2/h3-7,9,15-16,19H,8,10H2,1-2H3,(H,20,24). The minimum absolute atomic E-state index is 0.0502. The molecule has 0 aliphatic carbocycles. The number of aromatic nitrogens is 2. The smallest absolute Gasteiger partial charge is 0.307 e. The molecule has 3 rings (SSSR count). The van der Waals surface area contributed by atoms with Gasteiger partial charge in [0.2, 0.25) is 0 Å². The number of ether oxygens (including phenoxy) is 1. The zero-order valence-corrected chi connectivity index (χ0v) is 14.5. The summed E-state index contributed by atoms with van der Waals surface area (Å²) in [6.07, 6.45) is 2.05. The van der Waals surface area contributed by atoms with Crippen LogP contribution in [0.3, 0.4) is 0 Å². The van der Waals surface area contributed by atoms with Crippen LogP contribution < -0.4 is 5.32 Å². The van der Waals surface area contributed by atoms with E-state index in [2.05, 4.69) is 21.4 Å². The van der Waals surface area contributed by atoms with E-state index in [0.717, 1.165) is 17.1 Å². The van der Waals surface area contributed by atoms with Crippen molar-refractivity contribution in [1.82, 2.24) is 20.2 Å². The molecule has 126 valence electrons. The van der Waals surface area contributed by atoms with Gasteiger partial charge in [0.05, 0.1) is 31.3 Å². The van der Waals surface area contributed by atoms with E-state index in [1.807, 2.05) is 36.1 Å². The number of methoxy groups -OCH3 is 1. The zero-order valence-electron chi connectivity index (χ0n) is 13.7. The number of hydrogen-bond donors (Lipinski definition) is 2. The number of carbonyl (C=O) groups is 1. The fourth-order valence-corrected chi connectivity index (χ4v) is 3.33. The quantitative estimate of drug-likeness (QED) is 0.640. The summed E-state index contributed by atoms with van der Waals surface area (Å²) in [6, 6.07) is 9.79. The number of aryl methyl sites for hydroxylation is 1. The molecule has 1 aliphatic rings. The maximum atomic E-state index is 11.5. The molecule has 0 amide bonds. The molecule has 2 unspecified atom stereocenters. The Morgan fingerprint density at radius 2 is 2.21 bits per heavy atom. The molecule has 0 aromatic carbocycles. The first kappa shape index (κ1) is 16.4. The average molecular weight is 344 g/mol. The van der Waals surface area contributed by atoms with Gasteiger partial charge in [-0.1, -0.05) is 6.07 Å². The van der Waals surface area contributed by atoms with Gasteiger partial charge in [0.25, 0.3) is 0 Å². The topological polar surface area (TPSA) is 70.2 Å². The molecule has 0 spiro atoms. The Kier molecular flexibility index (Phi) is 4.80. The van der Waals surface area contributed by atoms with E-state index in [1.165, 1.54) is 7.11 Å². The molecule has 1 saturated heterocycles. The number of carbonyl (C=O) groups excluding carboxylic acids is 1. The molecular formula is C17H20N4O2S. The first-order valence-electron chi connectivity index (χ1n) is 7.80. The average Bonchev–Trinajstić information content (AvgIpc) is 3.16. The number of nitrogens with zero attached hydrogens (tertiary/aromatic N) is 2. The molecule has 0 radical (unpaired) electrons. The van der Waals surface area contributed by atoms with E-state index >= 15 is 0 Å². The lowest BCUT2D eigenvalue weighted by Gasteiger charge is -2.26. The first-order valence-corrected chi connectivity index (χ1v) is 8.21. The van der Waals surface area contributed by atoms with Crippen LogP contribution >= 0.6 is 12.2 Å². The zero-order chi connectivity index (χ0) is 17.1. The van der Waals surface area contributed by atoms with Gasteiger partial charge in [0.1, 0.15) is 0 Å². The molecule has 2 atom stereocenters. The highest BCUT2D eigenvalue weighted by Crippen LogP contribution is 2.37. The minimum Gasteiger partial charge on any atom is -0.469 e. The fourth-order valence-electron chi connectivity index (χ4n) is 3.00. The summed E-state index contributed by atoms with van der Waals surface area (Å²) in [5.74, 6) is -0.250. The van der Waals surface area contributed by atoms with Gasteiger partial charge in [-0.2, -0.15) is 0 Å². The summed E-state index contributed by atoms with van der Waals surface area (Å²) >= 11 is 5.51. The summed E-state index contributed by atoms with van der Waals surface area (Å²) in [7, 11) is 1.39. The summed E-state index contributed by atoms with van der Waals surface area (Å²) in [5, 5.41) is 3.96. The molecule has 1 fully saturated rings. The molecule has 1 aliphatic heterocycles. The van der Waals surface area contributed by atoms with Crippen LogP contribution in [-0.2, 0) is 9.53 Å². The molecule has 3 heterocycles. The third-order valence-corrected chi connectivity index (χ3v) is 4.51. The van der Waals surface area contributed by atoms with Gasteiger partial charge < -0.3 is 19.9 Å². The van der Waals surface area contributed by atoms with E-state index in [9.17, 15) is 4.79 Å². The highest BCUT2D eigenvalue weighted by Gasteiger charge is 2.40. The summed E-state index contributed by atoms with van der Waals surface area (Å²) in [5.41, 5.74) is 3.04. The molecule has 24 heavy (non-hydrogen) atoms. The lowest BCUT2D eigenvalue weighted by atomic mass is 10.0. The lowest BCUT2D eigenvalue weighted by molar-refractivity contribution is -0.140. The van der Waals surface area contributed by atoms with Crippen molar-refractivity contribution in [2.45, 2.75) is 25.4 Å². The summed E-state index contributed by atoms with van der Waals surface area (Å²) in [6.45, 7) is 2.50. The van der Waals surface area contributed by atoms with Crippen molar-refractivity contribution in [3.8, 4) is 0 Å². The van der Waals surface area contributed by atoms with E-state index in [1.54, 1.807) is 6.20 Å². The number of rotatable bonds is 5. The largest absolute Gasteiger partial charge is 0.469 e. The summed E-state index contributed by atoms with van der Waals surface area (Å²) in [4.78, 5) is 21.4. The third-order valence-electron chi connectivity index (χ3n) is 4.16. The minimum atomic E-state index is -0.250. The predicted octanol–water partition coefficient (Wildman–Crippen LogP) is 2.25. The van der Waals surface area contributed by atoms with Gasteiger partial charge in [-0.25, -0.2) is 0 Å². The van der Waals surface area contributed by atoms with Crippen molar-refractivity contribution in [2.24, 2.45) is 0 Å². The SMILES string of the molecule is COC(=O)CCN1C(=S)NC(c2ccccn2)C1c1ccc(C)[nH]1. The highest BCUT2D eigenvalue weighted by molar-refractivity contribution is 7.80. The van der Waals surface area contributed by atoms with Gasteiger partial charge in [0.15, 0.2) is 5.11 Å². The first-order chi connectivity index (χ1) is 11.6. The van der Waals surface area contributed by atoms with E-state index < -0.39 is 0 Å². The Labute approximate surface area is 146 Å². The van der Waals surface area contributed by atoms with E-state index in [4.69, 9.17) is 17.0 Å². The number of esters is 1. The molecule has 2 N–H and O–H groups in total. The monoisotopic (exact) mass is 344 g/mol. The van der Waals surface area contributed by atoms with Gasteiger partial charge in [0, 0.05) is 24.1 Å². The normalized spacial score (nSPS) is 20.1. The lowest BCUT2D eigenvalue weighted by Crippen LogP contribution is -2.32. The molecular weight excluding hydrogens is 324 g/mol.